The fourth-order valence-corrected chi connectivity index (χ4v) is 2.02. The van der Waals surface area contributed by atoms with Crippen LogP contribution in [0, 0.1) is 0 Å². The van der Waals surface area contributed by atoms with Crippen LogP contribution in [-0.4, -0.2) is 9.38 Å². The molecule has 0 aliphatic rings. The SMILES string of the molecule is Nc1ccn2cc(COc3ccc(C(F)(F)F)cc3)nc2c1. The standard InChI is InChI=1S/C15H12F3N3O/c16-15(17,18)10-1-3-13(4-2-10)22-9-12-8-21-6-5-11(19)7-14(21)20-12/h1-8H,9,19H2. The topological polar surface area (TPSA) is 52.5 Å². The summed E-state index contributed by atoms with van der Waals surface area (Å²) in [6, 6.07) is 8.02. The van der Waals surface area contributed by atoms with Crippen molar-refractivity contribution in [2.24, 2.45) is 0 Å². The third kappa shape index (κ3) is 2.98. The van der Waals surface area contributed by atoms with Gasteiger partial charge in [0.1, 0.15) is 18.0 Å². The highest BCUT2D eigenvalue weighted by Crippen LogP contribution is 2.30. The van der Waals surface area contributed by atoms with Crippen molar-refractivity contribution < 1.29 is 17.9 Å². The largest absolute Gasteiger partial charge is 0.487 e. The van der Waals surface area contributed by atoms with Crippen LogP contribution < -0.4 is 10.5 Å². The number of nitrogen functional groups attached to an aromatic ring is 1. The third-order valence-electron chi connectivity index (χ3n) is 3.10. The number of hydrogen-bond acceptors (Lipinski definition) is 3. The van der Waals surface area contributed by atoms with E-state index in [9.17, 15) is 13.2 Å². The van der Waals surface area contributed by atoms with Gasteiger partial charge in [-0.1, -0.05) is 0 Å². The number of nitrogens with two attached hydrogens (primary N) is 1. The van der Waals surface area contributed by atoms with Crippen molar-refractivity contribution in [3.05, 3.63) is 60.0 Å². The quantitative estimate of drug-likeness (QED) is 0.805. The van der Waals surface area contributed by atoms with Crippen molar-refractivity contribution in [2.45, 2.75) is 12.8 Å². The second-order valence-corrected chi connectivity index (χ2v) is 4.77. The van der Waals surface area contributed by atoms with Gasteiger partial charge in [-0.3, -0.25) is 0 Å². The molecule has 114 valence electrons. The minimum atomic E-state index is -4.35. The van der Waals surface area contributed by atoms with Gasteiger partial charge in [-0.25, -0.2) is 4.98 Å². The molecule has 2 heterocycles. The number of imidazole rings is 1. The zero-order chi connectivity index (χ0) is 15.7. The Labute approximate surface area is 124 Å². The number of halogens is 3. The molecule has 0 aliphatic heterocycles. The molecule has 0 saturated carbocycles. The van der Waals surface area contributed by atoms with Gasteiger partial charge in [-0.05, 0) is 30.3 Å². The zero-order valence-electron chi connectivity index (χ0n) is 11.3. The molecule has 0 unspecified atom stereocenters. The summed E-state index contributed by atoms with van der Waals surface area (Å²) < 4.78 is 44.6. The maximum atomic E-state index is 12.5. The fraction of sp³-hybridized carbons (Fsp3) is 0.133. The molecule has 3 rings (SSSR count). The first-order valence-corrected chi connectivity index (χ1v) is 6.45. The molecule has 0 fully saturated rings. The van der Waals surface area contributed by atoms with Crippen LogP contribution in [0.15, 0.2) is 48.8 Å². The van der Waals surface area contributed by atoms with Crippen molar-refractivity contribution in [1.82, 2.24) is 9.38 Å². The molecule has 7 heteroatoms. The Hall–Kier alpha value is -2.70. The summed E-state index contributed by atoms with van der Waals surface area (Å²) in [6.07, 6.45) is -0.793. The zero-order valence-corrected chi connectivity index (χ0v) is 11.3. The predicted molar refractivity (Wildman–Crippen MR) is 75.4 cm³/mol. The minimum Gasteiger partial charge on any atom is -0.487 e. The summed E-state index contributed by atoms with van der Waals surface area (Å²) in [7, 11) is 0. The monoisotopic (exact) mass is 307 g/mol. The van der Waals surface area contributed by atoms with E-state index in [0.717, 1.165) is 12.1 Å². The molecule has 0 radical (unpaired) electrons. The van der Waals surface area contributed by atoms with E-state index in [4.69, 9.17) is 10.5 Å². The first-order chi connectivity index (χ1) is 10.4. The highest BCUT2D eigenvalue weighted by atomic mass is 19.4. The Bertz CT molecular complexity index is 794. The molecular formula is C15H12F3N3O. The molecule has 4 nitrogen and oxygen atoms in total. The predicted octanol–water partition coefficient (Wildman–Crippen LogP) is 3.51. The molecule has 0 aliphatic carbocycles. The lowest BCUT2D eigenvalue weighted by Gasteiger charge is -2.08. The molecule has 0 bridgehead atoms. The van der Waals surface area contributed by atoms with Gasteiger partial charge >= 0.3 is 6.18 Å². The van der Waals surface area contributed by atoms with Gasteiger partial charge in [0.2, 0.25) is 0 Å². The number of nitrogens with zero attached hydrogens (tertiary/aromatic N) is 2. The van der Waals surface area contributed by atoms with Crippen molar-refractivity contribution in [3.8, 4) is 5.75 Å². The average molecular weight is 307 g/mol. The number of pyridine rings is 1. The smallest absolute Gasteiger partial charge is 0.416 e. The second-order valence-electron chi connectivity index (χ2n) is 4.77. The van der Waals surface area contributed by atoms with E-state index >= 15 is 0 Å². The lowest BCUT2D eigenvalue weighted by atomic mass is 10.2. The summed E-state index contributed by atoms with van der Waals surface area (Å²) in [6.45, 7) is 0.160. The van der Waals surface area contributed by atoms with Crippen molar-refractivity contribution in [2.75, 3.05) is 5.73 Å². The molecule has 0 amide bonds. The average Bonchev–Trinajstić information content (AvgIpc) is 2.86. The highest BCUT2D eigenvalue weighted by molar-refractivity contribution is 5.52. The molecule has 0 saturated heterocycles. The van der Waals surface area contributed by atoms with Crippen LogP contribution in [0.3, 0.4) is 0 Å². The number of benzene rings is 1. The summed E-state index contributed by atoms with van der Waals surface area (Å²) in [4.78, 5) is 4.32. The molecule has 3 aromatic rings. The number of hydrogen-bond donors (Lipinski definition) is 1. The van der Waals surface area contributed by atoms with E-state index in [0.29, 0.717) is 22.8 Å². The van der Waals surface area contributed by atoms with Crippen molar-refractivity contribution in [1.29, 1.82) is 0 Å². The maximum absolute atomic E-state index is 12.5. The number of ether oxygens (including phenoxy) is 1. The molecule has 1 aromatic carbocycles. The van der Waals surface area contributed by atoms with Crippen molar-refractivity contribution in [3.63, 3.8) is 0 Å². The van der Waals surface area contributed by atoms with Gasteiger partial charge in [0.15, 0.2) is 0 Å². The number of anilines is 1. The second kappa shape index (κ2) is 5.25. The number of fused-ring (bicyclic) bond motifs is 1. The Morgan fingerprint density at radius 2 is 1.86 bits per heavy atom. The van der Waals surface area contributed by atoms with Crippen LogP contribution in [0.2, 0.25) is 0 Å². The summed E-state index contributed by atoms with van der Waals surface area (Å²) >= 11 is 0. The van der Waals surface area contributed by atoms with E-state index in [1.807, 2.05) is 0 Å². The van der Waals surface area contributed by atoms with Crippen LogP contribution in [0.1, 0.15) is 11.3 Å². The number of alkyl halides is 3. The lowest BCUT2D eigenvalue weighted by Crippen LogP contribution is -2.04. The van der Waals surface area contributed by atoms with E-state index in [1.165, 1.54) is 12.1 Å². The molecule has 0 spiro atoms. The fourth-order valence-electron chi connectivity index (χ4n) is 2.02. The first kappa shape index (κ1) is 14.2. The van der Waals surface area contributed by atoms with Crippen LogP contribution in [0.4, 0.5) is 18.9 Å². The van der Waals surface area contributed by atoms with E-state index in [1.54, 1.807) is 28.9 Å². The molecule has 22 heavy (non-hydrogen) atoms. The molecule has 2 aromatic heterocycles. The maximum Gasteiger partial charge on any atom is 0.416 e. The van der Waals surface area contributed by atoms with Crippen LogP contribution >= 0.6 is 0 Å². The summed E-state index contributed by atoms with van der Waals surface area (Å²) in [5.41, 5.74) is 6.91. The van der Waals surface area contributed by atoms with Gasteiger partial charge < -0.3 is 14.9 Å². The molecular weight excluding hydrogens is 295 g/mol. The number of rotatable bonds is 3. The van der Waals surface area contributed by atoms with Gasteiger partial charge in [-0.15, -0.1) is 0 Å². The lowest BCUT2D eigenvalue weighted by molar-refractivity contribution is -0.137. The van der Waals surface area contributed by atoms with Gasteiger partial charge in [0.25, 0.3) is 0 Å². The first-order valence-electron chi connectivity index (χ1n) is 6.45. The van der Waals surface area contributed by atoms with E-state index in [-0.39, 0.29) is 6.61 Å². The Balaban J connectivity index is 1.71. The van der Waals surface area contributed by atoms with Crippen LogP contribution in [-0.2, 0) is 12.8 Å². The van der Waals surface area contributed by atoms with Gasteiger partial charge in [-0.2, -0.15) is 13.2 Å². The highest BCUT2D eigenvalue weighted by Gasteiger charge is 2.29. The van der Waals surface area contributed by atoms with Gasteiger partial charge in [0, 0.05) is 24.1 Å². The van der Waals surface area contributed by atoms with E-state index in [2.05, 4.69) is 4.98 Å². The van der Waals surface area contributed by atoms with Crippen LogP contribution in [0.5, 0.6) is 5.75 Å². The third-order valence-corrected chi connectivity index (χ3v) is 3.10. The Kier molecular flexibility index (Phi) is 3.40. The molecule has 2 N–H and O–H groups in total. The Morgan fingerprint density at radius 1 is 1.14 bits per heavy atom. The summed E-state index contributed by atoms with van der Waals surface area (Å²) in [5, 5.41) is 0. The Morgan fingerprint density at radius 3 is 2.55 bits per heavy atom. The van der Waals surface area contributed by atoms with Gasteiger partial charge in [0.05, 0.1) is 11.3 Å². The van der Waals surface area contributed by atoms with Crippen molar-refractivity contribution >= 4 is 11.3 Å². The minimum absolute atomic E-state index is 0.160. The normalized spacial score (nSPS) is 11.8. The molecule has 0 atom stereocenters. The van der Waals surface area contributed by atoms with Crippen LogP contribution in [0.25, 0.3) is 5.65 Å². The summed E-state index contributed by atoms with van der Waals surface area (Å²) in [5.74, 6) is 0.351. The number of aromatic nitrogens is 2. The van der Waals surface area contributed by atoms with E-state index < -0.39 is 11.7 Å².